The Balaban J connectivity index is 3.01. The van der Waals surface area contributed by atoms with Crippen molar-refractivity contribution in [3.05, 3.63) is 48.1 Å². The largest absolute Gasteiger partial charge is 0.0955 e. The van der Waals surface area contributed by atoms with Crippen LogP contribution in [-0.2, 0) is 0 Å². The molecule has 0 aromatic heterocycles. The van der Waals surface area contributed by atoms with Crippen molar-refractivity contribution in [2.24, 2.45) is 11.8 Å². The molecule has 1 aromatic carbocycles. The number of hydrogen-bond donors (Lipinski definition) is 0. The third-order valence-electron chi connectivity index (χ3n) is 4.09. The predicted octanol–water partition coefficient (Wildman–Crippen LogP) is 5.70. The van der Waals surface area contributed by atoms with Gasteiger partial charge < -0.3 is 0 Å². The van der Waals surface area contributed by atoms with Crippen molar-refractivity contribution in [3.63, 3.8) is 0 Å². The van der Waals surface area contributed by atoms with Gasteiger partial charge in [0, 0.05) is 0 Å². The molecule has 2 atom stereocenters. The zero-order valence-electron chi connectivity index (χ0n) is 13.9. The minimum Gasteiger partial charge on any atom is -0.0955 e. The average Bonchev–Trinajstić information content (AvgIpc) is 2.43. The summed E-state index contributed by atoms with van der Waals surface area (Å²) in [6.45, 7) is 17.8. The molecular weight excluding hydrogens is 259 g/mol. The van der Waals surface area contributed by atoms with Gasteiger partial charge in [-0.2, -0.15) is 0 Å². The van der Waals surface area contributed by atoms with E-state index in [-0.39, 0.29) is 7.92 Å². The third kappa shape index (κ3) is 4.32. The lowest BCUT2D eigenvalue weighted by molar-refractivity contribution is 0.485. The quantitative estimate of drug-likeness (QED) is 0.465. The fourth-order valence-electron chi connectivity index (χ4n) is 2.66. The van der Waals surface area contributed by atoms with Crippen molar-refractivity contribution >= 4 is 18.8 Å². The lowest BCUT2D eigenvalue weighted by Crippen LogP contribution is -2.18. The molecule has 1 rings (SSSR count). The highest BCUT2D eigenvalue weighted by Gasteiger charge is 2.20. The summed E-state index contributed by atoms with van der Waals surface area (Å²) in [7, 11) is -0.141. The molecule has 0 aliphatic rings. The van der Waals surface area contributed by atoms with Crippen LogP contribution in [0.4, 0.5) is 0 Å². The van der Waals surface area contributed by atoms with E-state index >= 15 is 0 Å². The van der Waals surface area contributed by atoms with Gasteiger partial charge in [-0.15, -0.1) is 0 Å². The van der Waals surface area contributed by atoms with E-state index in [0.717, 1.165) is 0 Å². The summed E-state index contributed by atoms with van der Waals surface area (Å²) in [5.74, 6) is 1.39. The summed E-state index contributed by atoms with van der Waals surface area (Å²) in [6.07, 6.45) is 3.55. The first-order chi connectivity index (χ1) is 9.38. The van der Waals surface area contributed by atoms with E-state index in [2.05, 4.69) is 78.2 Å². The van der Waals surface area contributed by atoms with Crippen molar-refractivity contribution in [1.29, 1.82) is 0 Å². The Hall–Kier alpha value is -0.870. The van der Waals surface area contributed by atoms with Gasteiger partial charge in [-0.25, -0.2) is 0 Å². The highest BCUT2D eigenvalue weighted by molar-refractivity contribution is 7.65. The Morgan fingerprint density at radius 1 is 1.25 bits per heavy atom. The van der Waals surface area contributed by atoms with Crippen molar-refractivity contribution in [2.75, 3.05) is 12.8 Å². The number of benzene rings is 1. The minimum atomic E-state index is -0.141. The van der Waals surface area contributed by atoms with Crippen LogP contribution in [0, 0.1) is 11.8 Å². The first kappa shape index (κ1) is 17.2. The van der Waals surface area contributed by atoms with Crippen LogP contribution >= 0.6 is 7.92 Å². The van der Waals surface area contributed by atoms with E-state index in [9.17, 15) is 0 Å². The molecule has 1 aromatic rings. The van der Waals surface area contributed by atoms with E-state index in [0.29, 0.717) is 11.8 Å². The molecule has 0 N–H and O–H groups in total. The molecule has 0 radical (unpaired) electrons. The normalized spacial score (nSPS) is 15.2. The number of rotatable bonds is 6. The molecule has 110 valence electrons. The lowest BCUT2D eigenvalue weighted by atomic mass is 9.91. The van der Waals surface area contributed by atoms with E-state index < -0.39 is 0 Å². The van der Waals surface area contributed by atoms with Crippen LogP contribution in [0.15, 0.2) is 42.5 Å². The van der Waals surface area contributed by atoms with Gasteiger partial charge in [-0.3, -0.25) is 0 Å². The van der Waals surface area contributed by atoms with Crippen LogP contribution in [0.25, 0.3) is 5.57 Å². The lowest BCUT2D eigenvalue weighted by Gasteiger charge is -2.27. The Kier molecular flexibility index (Phi) is 6.69. The molecule has 0 heterocycles. The standard InChI is InChI=1S/C19H29P/c1-8-16(6)18(15(4)5)13-20(7)19-12-10-9-11-17(19)14(2)3/h8-12,15,18H,2,13H2,1,3-7H3/b16-8+. The Morgan fingerprint density at radius 3 is 2.35 bits per heavy atom. The first-order valence-electron chi connectivity index (χ1n) is 7.47. The Labute approximate surface area is 126 Å². The minimum absolute atomic E-state index is 0.141. The summed E-state index contributed by atoms with van der Waals surface area (Å²) in [5.41, 5.74) is 4.06. The van der Waals surface area contributed by atoms with E-state index in [1.165, 1.54) is 28.2 Å². The van der Waals surface area contributed by atoms with Gasteiger partial charge in [0.05, 0.1) is 0 Å². The van der Waals surface area contributed by atoms with E-state index in [4.69, 9.17) is 0 Å². The van der Waals surface area contributed by atoms with Crippen LogP contribution in [0.5, 0.6) is 0 Å². The molecule has 0 fully saturated rings. The van der Waals surface area contributed by atoms with Crippen LogP contribution in [-0.4, -0.2) is 12.8 Å². The Bertz CT molecular complexity index is 482. The van der Waals surface area contributed by atoms with Crippen molar-refractivity contribution in [3.8, 4) is 0 Å². The third-order valence-corrected chi connectivity index (χ3v) is 6.24. The van der Waals surface area contributed by atoms with Crippen LogP contribution < -0.4 is 5.30 Å². The van der Waals surface area contributed by atoms with Gasteiger partial charge in [0.1, 0.15) is 0 Å². The number of allylic oxidation sites excluding steroid dienone is 3. The van der Waals surface area contributed by atoms with Crippen molar-refractivity contribution in [2.45, 2.75) is 34.6 Å². The fraction of sp³-hybridized carbons (Fsp3) is 0.474. The van der Waals surface area contributed by atoms with Crippen molar-refractivity contribution < 1.29 is 0 Å². The highest BCUT2D eigenvalue weighted by Crippen LogP contribution is 2.39. The summed E-state index contributed by atoms with van der Waals surface area (Å²) in [6, 6.07) is 8.78. The summed E-state index contributed by atoms with van der Waals surface area (Å²) < 4.78 is 0. The number of hydrogen-bond acceptors (Lipinski definition) is 0. The molecule has 0 nitrogen and oxygen atoms in total. The molecule has 1 heteroatoms. The topological polar surface area (TPSA) is 0 Å². The van der Waals surface area contributed by atoms with Gasteiger partial charge in [0.2, 0.25) is 0 Å². The maximum absolute atomic E-state index is 4.13. The van der Waals surface area contributed by atoms with Crippen molar-refractivity contribution in [1.82, 2.24) is 0 Å². The molecular formula is C19H29P. The molecule has 20 heavy (non-hydrogen) atoms. The van der Waals surface area contributed by atoms with Gasteiger partial charge in [0.25, 0.3) is 0 Å². The predicted molar refractivity (Wildman–Crippen MR) is 96.3 cm³/mol. The zero-order valence-corrected chi connectivity index (χ0v) is 14.8. The average molecular weight is 288 g/mol. The molecule has 0 aliphatic heterocycles. The Morgan fingerprint density at radius 2 is 1.85 bits per heavy atom. The molecule has 0 saturated heterocycles. The second kappa shape index (κ2) is 7.79. The summed E-state index contributed by atoms with van der Waals surface area (Å²) in [5, 5.41) is 1.50. The van der Waals surface area contributed by atoms with Crippen LogP contribution in [0.3, 0.4) is 0 Å². The molecule has 0 bridgehead atoms. The second-order valence-electron chi connectivity index (χ2n) is 6.06. The SMILES string of the molecule is C=C(C)c1ccccc1P(C)CC(/C(C)=C/C)C(C)C. The maximum atomic E-state index is 4.13. The highest BCUT2D eigenvalue weighted by atomic mass is 31.1. The second-order valence-corrected chi connectivity index (χ2v) is 8.30. The van der Waals surface area contributed by atoms with E-state index in [1.807, 2.05) is 0 Å². The van der Waals surface area contributed by atoms with Gasteiger partial charge >= 0.3 is 0 Å². The zero-order chi connectivity index (χ0) is 15.3. The first-order valence-corrected chi connectivity index (χ1v) is 9.44. The van der Waals surface area contributed by atoms with Crippen LogP contribution in [0.1, 0.15) is 40.2 Å². The fourth-order valence-corrected chi connectivity index (χ4v) is 5.17. The van der Waals surface area contributed by atoms with Gasteiger partial charge in [-0.05, 0) is 56.3 Å². The molecule has 0 aliphatic carbocycles. The smallest absolute Gasteiger partial charge is 0.0141 e. The molecule has 0 saturated carbocycles. The van der Waals surface area contributed by atoms with E-state index in [1.54, 1.807) is 0 Å². The van der Waals surface area contributed by atoms with Crippen LogP contribution in [0.2, 0.25) is 0 Å². The van der Waals surface area contributed by atoms with Gasteiger partial charge in [-0.1, -0.05) is 69.8 Å². The molecule has 0 amide bonds. The molecule has 2 unspecified atom stereocenters. The summed E-state index contributed by atoms with van der Waals surface area (Å²) in [4.78, 5) is 0. The monoisotopic (exact) mass is 288 g/mol. The molecule has 0 spiro atoms. The van der Waals surface area contributed by atoms with Gasteiger partial charge in [0.15, 0.2) is 0 Å². The maximum Gasteiger partial charge on any atom is -0.0141 e. The summed E-state index contributed by atoms with van der Waals surface area (Å²) >= 11 is 0.